The van der Waals surface area contributed by atoms with E-state index in [9.17, 15) is 113 Å². The van der Waals surface area contributed by atoms with Crippen LogP contribution < -0.4 is 57.9 Å². The van der Waals surface area contributed by atoms with Gasteiger partial charge in [-0.3, -0.25) is 96.0 Å². The third-order valence-electron chi connectivity index (χ3n) is 22.2. The van der Waals surface area contributed by atoms with E-state index in [1.165, 1.54) is 39.5 Å². The molecule has 18 unspecified atom stereocenters. The average molecular weight is 2050 g/mol. The molecule has 143 heavy (non-hydrogen) atoms. The normalized spacial score (nSPS) is 22.3. The van der Waals surface area contributed by atoms with E-state index in [2.05, 4.69) is 57.9 Å². The summed E-state index contributed by atoms with van der Waals surface area (Å²) in [5.74, 6) is -26.3. The third kappa shape index (κ3) is 46.8. The minimum Gasteiger partial charge on any atom is -0.463 e. The molecule has 3 heterocycles. The predicted molar refractivity (Wildman–Crippen MR) is 482 cm³/mol. The second-order valence-corrected chi connectivity index (χ2v) is 34.6. The topological polar surface area (TPSA) is 596 Å². The number of carbonyl (C=O) groups excluding carboxylic acids is 19. The molecule has 4 aliphatic rings. The minimum absolute atomic E-state index is 0.00109. The van der Waals surface area contributed by atoms with Crippen LogP contribution in [0.2, 0.25) is 0 Å². The van der Waals surface area contributed by atoms with E-state index in [-0.39, 0.29) is 173 Å². The lowest BCUT2D eigenvalue weighted by atomic mass is 9.96. The number of carbonyl (C=O) groups is 19. The van der Waals surface area contributed by atoms with Crippen LogP contribution in [0.1, 0.15) is 224 Å². The maximum absolute atomic E-state index is 14.6. The minimum atomic E-state index is -2.48. The van der Waals surface area contributed by atoms with Gasteiger partial charge in [-0.25, -0.2) is 13.2 Å². The Bertz CT molecular complexity index is 4240. The van der Waals surface area contributed by atoms with E-state index in [0.29, 0.717) is 57.8 Å². The molecule has 10 N–H and O–H groups in total. The third-order valence-corrected chi connectivity index (χ3v) is 22.2. The summed E-state index contributed by atoms with van der Waals surface area (Å²) in [4.78, 5) is 243. The van der Waals surface area contributed by atoms with Crippen molar-refractivity contribution in [3.05, 3.63) is 29.1 Å². The van der Waals surface area contributed by atoms with Gasteiger partial charge in [-0.05, 0) is 95.8 Å². The Hall–Kier alpha value is -11.5. The lowest BCUT2D eigenvalue weighted by Crippen LogP contribution is -2.66. The van der Waals surface area contributed by atoms with Crippen LogP contribution in [-0.4, -0.2) is 320 Å². The highest BCUT2D eigenvalue weighted by molar-refractivity contribution is 5.86. The summed E-state index contributed by atoms with van der Waals surface area (Å²) >= 11 is 0. The van der Waals surface area contributed by atoms with Gasteiger partial charge in [0.05, 0.1) is 25.2 Å². The molecular formula is C92H138F5N11O35. The number of nitrogens with zero attached hydrogens (tertiary/aromatic N) is 1. The molecule has 4 fully saturated rings. The molecule has 5 rings (SSSR count). The molecule has 9 amide bonds. The number of benzene rings is 1. The maximum Gasteiger partial charge on any atom is 0.311 e. The molecule has 1 aliphatic carbocycles. The molecule has 0 radical (unpaired) electrons. The molecular weight excluding hydrogens is 1910 g/mol. The number of rotatable bonds is 65. The summed E-state index contributed by atoms with van der Waals surface area (Å²) in [6.07, 6.45) is -10.8. The molecule has 1 aromatic carbocycles. The summed E-state index contributed by atoms with van der Waals surface area (Å²) < 4.78 is 159. The van der Waals surface area contributed by atoms with Gasteiger partial charge in [-0.2, -0.15) is 8.78 Å². The Morgan fingerprint density at radius 3 is 0.965 bits per heavy atom. The van der Waals surface area contributed by atoms with Crippen molar-refractivity contribution in [1.82, 2.24) is 58.1 Å². The van der Waals surface area contributed by atoms with E-state index in [0.717, 1.165) is 48.0 Å². The van der Waals surface area contributed by atoms with Crippen molar-refractivity contribution in [3.8, 4) is 5.75 Å². The Labute approximate surface area is 824 Å². The number of amides is 9. The van der Waals surface area contributed by atoms with Crippen molar-refractivity contribution < 1.29 is 189 Å². The molecule has 3 aliphatic heterocycles. The van der Waals surface area contributed by atoms with E-state index >= 15 is 0 Å². The molecule has 806 valence electrons. The molecule has 51 heteroatoms. The van der Waals surface area contributed by atoms with Crippen molar-refractivity contribution in [3.63, 3.8) is 0 Å². The fourth-order valence-electron chi connectivity index (χ4n) is 15.4. The average Bonchev–Trinajstić information content (AvgIpc) is 1.40. The quantitative estimate of drug-likeness (QED) is 0.00846. The van der Waals surface area contributed by atoms with Crippen molar-refractivity contribution in [2.75, 3.05) is 98.5 Å². The fraction of sp³-hybridized carbons (Fsp3) is 0.728. The maximum atomic E-state index is 14.6. The number of nitrogens with one attached hydrogen (secondary N) is 10. The smallest absolute Gasteiger partial charge is 0.311 e. The van der Waals surface area contributed by atoms with Crippen LogP contribution in [0.5, 0.6) is 5.75 Å². The molecule has 0 bridgehead atoms. The lowest BCUT2D eigenvalue weighted by molar-refractivity contribution is -0.279. The molecule has 0 aromatic heterocycles. The molecule has 46 nitrogen and oxygen atoms in total. The van der Waals surface area contributed by atoms with Crippen molar-refractivity contribution >= 4 is 113 Å². The fourth-order valence-corrected chi connectivity index (χ4v) is 15.4. The van der Waals surface area contributed by atoms with Crippen LogP contribution in [-0.2, 0) is 162 Å². The first-order valence-corrected chi connectivity index (χ1v) is 47.7. The number of esters is 10. The molecule has 0 spiro atoms. The summed E-state index contributed by atoms with van der Waals surface area (Å²) in [5.41, 5.74) is 0. The first kappa shape index (κ1) is 122. The zero-order chi connectivity index (χ0) is 106. The van der Waals surface area contributed by atoms with Gasteiger partial charge in [-0.1, -0.05) is 26.2 Å². The van der Waals surface area contributed by atoms with Gasteiger partial charge >= 0.3 is 59.7 Å². The zero-order valence-electron chi connectivity index (χ0n) is 82.7. The second kappa shape index (κ2) is 65.0. The largest absolute Gasteiger partial charge is 0.463 e. The monoisotopic (exact) mass is 2050 g/mol. The van der Waals surface area contributed by atoms with Crippen LogP contribution in [0.25, 0.3) is 0 Å². The van der Waals surface area contributed by atoms with Gasteiger partial charge in [-0.15, -0.1) is 0 Å². The van der Waals surface area contributed by atoms with E-state index in [1.54, 1.807) is 0 Å². The van der Waals surface area contributed by atoms with E-state index in [4.69, 9.17) is 71.1 Å². The Kier molecular flexibility index (Phi) is 55.4. The zero-order valence-corrected chi connectivity index (χ0v) is 82.7. The first-order valence-electron chi connectivity index (χ1n) is 47.7. The summed E-state index contributed by atoms with van der Waals surface area (Å²) in [6.45, 7) is 12.4. The van der Waals surface area contributed by atoms with Crippen LogP contribution in [0, 0.1) is 35.0 Å². The Balaban J connectivity index is 1.24. The van der Waals surface area contributed by atoms with Crippen LogP contribution in [0.3, 0.4) is 0 Å². The van der Waals surface area contributed by atoms with Gasteiger partial charge in [0.25, 0.3) is 0 Å². The number of halogens is 5. The van der Waals surface area contributed by atoms with Gasteiger partial charge in [0, 0.05) is 180 Å². The molecule has 18 atom stereocenters. The summed E-state index contributed by atoms with van der Waals surface area (Å²) in [5, 5.41) is 28.0. The summed E-state index contributed by atoms with van der Waals surface area (Å²) in [7, 11) is 0. The van der Waals surface area contributed by atoms with Gasteiger partial charge in [0.1, 0.15) is 50.2 Å². The van der Waals surface area contributed by atoms with Crippen LogP contribution >= 0.6 is 0 Å². The van der Waals surface area contributed by atoms with Crippen molar-refractivity contribution in [2.45, 2.75) is 328 Å². The van der Waals surface area contributed by atoms with E-state index < -0.39 is 261 Å². The Morgan fingerprint density at radius 1 is 0.336 bits per heavy atom. The molecule has 1 aromatic rings. The van der Waals surface area contributed by atoms with Gasteiger partial charge in [0.15, 0.2) is 55.5 Å². The highest BCUT2D eigenvalue weighted by Gasteiger charge is 2.56. The molecule has 3 saturated heterocycles. The number of hydrogen-bond donors (Lipinski definition) is 10. The van der Waals surface area contributed by atoms with Gasteiger partial charge in [0.2, 0.25) is 88.0 Å². The van der Waals surface area contributed by atoms with Crippen molar-refractivity contribution in [2.24, 2.45) is 5.92 Å². The van der Waals surface area contributed by atoms with Crippen LogP contribution in [0.15, 0.2) is 0 Å². The SMILES string of the molecule is CC(=O)NC1C(OCCCCCC(=O)NCCCNC(=O)CN(CC(=O)NCCCNC(=O)CCCCCOC2OC(COC(C)=O)C(OC(C)=O)C(OC(C)=O)C2NC(C)=O)C(CCCCNC(=O)CCCC(=O)Oc2c(F)c(F)c(F)c(F)c2F)C(=O)NCCCNC(=O)CCCCCOC2OC(COC(C)=O)C(OC(C)=O)C(OC(C)=O)C2NC2CC2C)OC(COC(C)=O)C(OC(C)=O)C1OC(C)=O. The van der Waals surface area contributed by atoms with Crippen LogP contribution in [0.4, 0.5) is 22.0 Å². The first-order chi connectivity index (χ1) is 67.8. The molecule has 1 saturated carbocycles. The second-order valence-electron chi connectivity index (χ2n) is 34.6. The highest BCUT2D eigenvalue weighted by Crippen LogP contribution is 2.37. The number of unbranched alkanes of at least 4 members (excludes halogenated alkanes) is 7. The highest BCUT2D eigenvalue weighted by atomic mass is 19.2. The standard InChI is InChI=1S/C92H138F5N11O35/c1-50-44-62(50)107-81-88(139-61(12)119)84(136-58(9)116)66(49-133-55(6)113)142-92(81)130-43-23-15-18-31-69(122)101-37-27-40-104-89(127)63(28-19-20-34-98-70(123)32-24-33-73(126)143-85-77(96)75(94)74(93)76(95)78(85)97)108(45-71(124)102-38-25-35-99-67(120)29-16-13-21-41-128-90-79(105-51(2)109)86(137-59(10)117)82(134-56(7)114)64(140-90)47-131-53(4)111)46-72(125)103-39-26-36-100-68(121)30-17-14-22-42-129-91-80(106-52(3)110)87(138-60(11)118)83(135-57(8)115)65(141-91)48-132-54(5)112/h50,62-66,79-84,86-88,90-92,107H,13-49H2,1-12H3,(H,98,123)(H,99,120)(H,100,121)(H,101,122)(H,102,124)(H,103,125)(H,104,127)(H,105,109)(H,106,110). The lowest BCUT2D eigenvalue weighted by Gasteiger charge is -2.45. The number of hydrogen-bond acceptors (Lipinski definition) is 37. The summed E-state index contributed by atoms with van der Waals surface area (Å²) in [6, 6.07) is -4.47. The van der Waals surface area contributed by atoms with E-state index in [1.807, 2.05) is 6.92 Å². The van der Waals surface area contributed by atoms with Gasteiger partial charge < -0.3 is 129 Å². The predicted octanol–water partition coefficient (Wildman–Crippen LogP) is 1.84. The number of ether oxygens (including phenoxy) is 16. The Morgan fingerprint density at radius 2 is 0.636 bits per heavy atom. The van der Waals surface area contributed by atoms with Crippen molar-refractivity contribution in [1.29, 1.82) is 0 Å².